The third kappa shape index (κ3) is 1.66. The summed E-state index contributed by atoms with van der Waals surface area (Å²) in [5, 5.41) is 0. The van der Waals surface area contributed by atoms with Crippen LogP contribution in [-0.4, -0.2) is 54.1 Å². The number of likely N-dealkylation sites (tertiary alicyclic amines) is 1. The average molecular weight is 237 g/mol. The molecule has 3 heteroatoms. The largest absolute Gasteiger partial charge is 0.329 e. The smallest absolute Gasteiger partial charge is 0.0499 e. The van der Waals surface area contributed by atoms with Gasteiger partial charge in [0, 0.05) is 37.8 Å². The van der Waals surface area contributed by atoms with Crippen LogP contribution in [0.3, 0.4) is 0 Å². The number of fused-ring (bicyclic) bond motifs is 1. The minimum atomic E-state index is 0.315. The van der Waals surface area contributed by atoms with Crippen LogP contribution in [0.5, 0.6) is 0 Å². The zero-order valence-corrected chi connectivity index (χ0v) is 11.4. The SMILES string of the molecule is CC1CN(C2(CN)CCN3CCCC32)CC1C. The highest BCUT2D eigenvalue weighted by Gasteiger charge is 2.53. The first kappa shape index (κ1) is 11.9. The third-order valence-corrected chi connectivity index (χ3v) is 5.79. The lowest BCUT2D eigenvalue weighted by atomic mass is 9.87. The quantitative estimate of drug-likeness (QED) is 0.782. The summed E-state index contributed by atoms with van der Waals surface area (Å²) < 4.78 is 0. The van der Waals surface area contributed by atoms with Crippen molar-refractivity contribution in [3.05, 3.63) is 0 Å². The van der Waals surface area contributed by atoms with E-state index in [0.717, 1.165) is 24.4 Å². The molecule has 98 valence electrons. The molecule has 4 unspecified atom stereocenters. The van der Waals surface area contributed by atoms with Gasteiger partial charge in [-0.2, -0.15) is 0 Å². The molecule has 17 heavy (non-hydrogen) atoms. The third-order valence-electron chi connectivity index (χ3n) is 5.79. The molecule has 0 aromatic rings. The fourth-order valence-corrected chi connectivity index (χ4v) is 4.44. The Morgan fingerprint density at radius 2 is 1.88 bits per heavy atom. The van der Waals surface area contributed by atoms with Gasteiger partial charge in [0.05, 0.1) is 0 Å². The van der Waals surface area contributed by atoms with Crippen molar-refractivity contribution in [3.63, 3.8) is 0 Å². The molecule has 0 radical (unpaired) electrons. The molecule has 0 aliphatic carbocycles. The van der Waals surface area contributed by atoms with Crippen LogP contribution in [0, 0.1) is 11.8 Å². The van der Waals surface area contributed by atoms with E-state index in [0.29, 0.717) is 5.54 Å². The van der Waals surface area contributed by atoms with Crippen molar-refractivity contribution in [1.29, 1.82) is 0 Å². The molecule has 2 N–H and O–H groups in total. The highest BCUT2D eigenvalue weighted by atomic mass is 15.3. The van der Waals surface area contributed by atoms with E-state index < -0.39 is 0 Å². The Bertz CT molecular complexity index is 283. The molecule has 3 fully saturated rings. The van der Waals surface area contributed by atoms with E-state index in [9.17, 15) is 0 Å². The molecule has 3 rings (SSSR count). The summed E-state index contributed by atoms with van der Waals surface area (Å²) in [6.45, 7) is 10.8. The van der Waals surface area contributed by atoms with Crippen LogP contribution >= 0.6 is 0 Å². The van der Waals surface area contributed by atoms with Gasteiger partial charge in [-0.15, -0.1) is 0 Å². The van der Waals surface area contributed by atoms with Crippen molar-refractivity contribution in [3.8, 4) is 0 Å². The first-order chi connectivity index (χ1) is 8.17. The Kier molecular flexibility index (Phi) is 2.96. The number of hydrogen-bond donors (Lipinski definition) is 1. The van der Waals surface area contributed by atoms with Crippen LogP contribution in [0.2, 0.25) is 0 Å². The Hall–Kier alpha value is -0.120. The van der Waals surface area contributed by atoms with E-state index in [1.165, 1.54) is 45.4 Å². The normalized spacial score (nSPS) is 47.8. The van der Waals surface area contributed by atoms with Gasteiger partial charge in [0.25, 0.3) is 0 Å². The average Bonchev–Trinajstić information content (AvgIpc) is 2.95. The van der Waals surface area contributed by atoms with Crippen molar-refractivity contribution >= 4 is 0 Å². The van der Waals surface area contributed by atoms with E-state index >= 15 is 0 Å². The first-order valence-electron chi connectivity index (χ1n) is 7.36. The van der Waals surface area contributed by atoms with Crippen molar-refractivity contribution in [2.45, 2.75) is 44.7 Å². The van der Waals surface area contributed by atoms with Gasteiger partial charge in [-0.25, -0.2) is 0 Å². The molecular weight excluding hydrogens is 210 g/mol. The van der Waals surface area contributed by atoms with Crippen LogP contribution in [-0.2, 0) is 0 Å². The standard InChI is InChI=1S/C14H27N3/c1-11-8-17(9-12(11)2)14(10-15)5-7-16-6-3-4-13(14)16/h11-13H,3-10,15H2,1-2H3. The molecule has 3 saturated heterocycles. The Balaban J connectivity index is 1.83. The van der Waals surface area contributed by atoms with Crippen molar-refractivity contribution < 1.29 is 0 Å². The fourth-order valence-electron chi connectivity index (χ4n) is 4.44. The number of hydrogen-bond acceptors (Lipinski definition) is 3. The maximum absolute atomic E-state index is 6.23. The molecule has 0 aromatic heterocycles. The van der Waals surface area contributed by atoms with Gasteiger partial charge in [0.2, 0.25) is 0 Å². The lowest BCUT2D eigenvalue weighted by Gasteiger charge is -2.42. The van der Waals surface area contributed by atoms with Gasteiger partial charge < -0.3 is 5.73 Å². The van der Waals surface area contributed by atoms with Gasteiger partial charge in [0.1, 0.15) is 0 Å². The molecule has 0 bridgehead atoms. The Labute approximate surface area is 105 Å². The summed E-state index contributed by atoms with van der Waals surface area (Å²) in [6, 6.07) is 0.755. The second kappa shape index (κ2) is 4.22. The molecule has 0 saturated carbocycles. The molecule has 3 nitrogen and oxygen atoms in total. The summed E-state index contributed by atoms with van der Waals surface area (Å²) in [5.74, 6) is 1.68. The molecule has 3 aliphatic rings. The van der Waals surface area contributed by atoms with E-state index in [1.807, 2.05) is 0 Å². The van der Waals surface area contributed by atoms with Gasteiger partial charge in [-0.05, 0) is 37.6 Å². The zero-order valence-electron chi connectivity index (χ0n) is 11.4. The number of nitrogens with two attached hydrogens (primary N) is 1. The van der Waals surface area contributed by atoms with Crippen LogP contribution in [0.4, 0.5) is 0 Å². The maximum Gasteiger partial charge on any atom is 0.0499 e. The highest BCUT2D eigenvalue weighted by molar-refractivity contribution is 5.11. The monoisotopic (exact) mass is 237 g/mol. The van der Waals surface area contributed by atoms with Crippen LogP contribution < -0.4 is 5.73 Å². The Morgan fingerprint density at radius 3 is 2.53 bits per heavy atom. The summed E-state index contributed by atoms with van der Waals surface area (Å²) >= 11 is 0. The molecule has 0 aromatic carbocycles. The van der Waals surface area contributed by atoms with Crippen molar-refractivity contribution in [2.75, 3.05) is 32.7 Å². The van der Waals surface area contributed by atoms with E-state index in [1.54, 1.807) is 0 Å². The predicted molar refractivity (Wildman–Crippen MR) is 70.9 cm³/mol. The second-order valence-corrected chi connectivity index (χ2v) is 6.61. The first-order valence-corrected chi connectivity index (χ1v) is 7.36. The molecule has 4 atom stereocenters. The maximum atomic E-state index is 6.23. The summed E-state index contributed by atoms with van der Waals surface area (Å²) in [7, 11) is 0. The molecule has 3 aliphatic heterocycles. The van der Waals surface area contributed by atoms with Crippen LogP contribution in [0.25, 0.3) is 0 Å². The molecule has 0 spiro atoms. The van der Waals surface area contributed by atoms with Crippen molar-refractivity contribution in [2.24, 2.45) is 17.6 Å². The van der Waals surface area contributed by atoms with E-state index in [-0.39, 0.29) is 0 Å². The molecule has 0 amide bonds. The minimum absolute atomic E-state index is 0.315. The summed E-state index contributed by atoms with van der Waals surface area (Å²) in [6.07, 6.45) is 4.05. The number of rotatable bonds is 2. The van der Waals surface area contributed by atoms with Gasteiger partial charge in [-0.1, -0.05) is 13.8 Å². The van der Waals surface area contributed by atoms with Gasteiger partial charge >= 0.3 is 0 Å². The van der Waals surface area contributed by atoms with Gasteiger partial charge in [-0.3, -0.25) is 9.80 Å². The minimum Gasteiger partial charge on any atom is -0.329 e. The Morgan fingerprint density at radius 1 is 1.18 bits per heavy atom. The molecular formula is C14H27N3. The number of nitrogens with zero attached hydrogens (tertiary/aromatic N) is 2. The topological polar surface area (TPSA) is 32.5 Å². The highest BCUT2D eigenvalue weighted by Crippen LogP contribution is 2.42. The lowest BCUT2D eigenvalue weighted by molar-refractivity contribution is 0.0838. The second-order valence-electron chi connectivity index (χ2n) is 6.61. The predicted octanol–water partition coefficient (Wildman–Crippen LogP) is 1.14. The summed E-state index contributed by atoms with van der Waals surface area (Å²) in [5.41, 5.74) is 6.54. The van der Waals surface area contributed by atoms with E-state index in [2.05, 4.69) is 23.6 Å². The zero-order chi connectivity index (χ0) is 12.0. The van der Waals surface area contributed by atoms with E-state index in [4.69, 9.17) is 5.73 Å². The molecule has 3 heterocycles. The fraction of sp³-hybridized carbons (Fsp3) is 1.00. The summed E-state index contributed by atoms with van der Waals surface area (Å²) in [4.78, 5) is 5.44. The lowest BCUT2D eigenvalue weighted by Crippen LogP contribution is -2.59. The van der Waals surface area contributed by atoms with Crippen LogP contribution in [0.15, 0.2) is 0 Å². The van der Waals surface area contributed by atoms with Crippen molar-refractivity contribution in [1.82, 2.24) is 9.80 Å². The van der Waals surface area contributed by atoms with Crippen LogP contribution in [0.1, 0.15) is 33.1 Å². The van der Waals surface area contributed by atoms with Gasteiger partial charge in [0.15, 0.2) is 0 Å².